The normalized spacial score (nSPS) is 11.1. The first-order valence-corrected chi connectivity index (χ1v) is 8.47. The van der Waals surface area contributed by atoms with Crippen molar-refractivity contribution in [1.29, 1.82) is 0 Å². The van der Waals surface area contributed by atoms with E-state index >= 15 is 0 Å². The number of aryl methyl sites for hydroxylation is 1. The molecule has 0 unspecified atom stereocenters. The summed E-state index contributed by atoms with van der Waals surface area (Å²) in [4.78, 5) is 19.5. The van der Waals surface area contributed by atoms with E-state index in [1.807, 2.05) is 12.1 Å². The van der Waals surface area contributed by atoms with Gasteiger partial charge in [-0.1, -0.05) is 51.5 Å². The minimum atomic E-state index is -0.0460. The molecule has 0 aliphatic carbocycles. The summed E-state index contributed by atoms with van der Waals surface area (Å²) >= 11 is 2.08. The van der Waals surface area contributed by atoms with Gasteiger partial charge >= 0.3 is 0 Å². The second kappa shape index (κ2) is 7.20. The number of aromatic amines is 1. The van der Waals surface area contributed by atoms with Crippen molar-refractivity contribution in [3.8, 4) is 11.4 Å². The van der Waals surface area contributed by atoms with E-state index in [9.17, 15) is 4.79 Å². The van der Waals surface area contributed by atoms with Crippen molar-refractivity contribution >= 4 is 22.6 Å². The predicted octanol–water partition coefficient (Wildman–Crippen LogP) is 4.19. The number of rotatable bonds is 5. The van der Waals surface area contributed by atoms with Gasteiger partial charge in [0.05, 0.1) is 9.26 Å². The topological polar surface area (TPSA) is 45.8 Å². The van der Waals surface area contributed by atoms with Crippen LogP contribution in [0.3, 0.4) is 0 Å². The first-order chi connectivity index (χ1) is 10.0. The van der Waals surface area contributed by atoms with Crippen molar-refractivity contribution in [2.45, 2.75) is 40.0 Å². The maximum absolute atomic E-state index is 12.0. The van der Waals surface area contributed by atoms with Gasteiger partial charge in [-0.25, -0.2) is 4.98 Å². The third-order valence-electron chi connectivity index (χ3n) is 3.29. The molecule has 0 atom stereocenters. The number of hydrogen-bond acceptors (Lipinski definition) is 2. The maximum Gasteiger partial charge on any atom is 0.264 e. The number of halogens is 1. The number of H-pyrrole nitrogens is 1. The van der Waals surface area contributed by atoms with E-state index in [0.29, 0.717) is 15.3 Å². The fourth-order valence-electron chi connectivity index (χ4n) is 2.31. The van der Waals surface area contributed by atoms with E-state index in [4.69, 9.17) is 0 Å². The Balaban J connectivity index is 2.35. The van der Waals surface area contributed by atoms with Crippen LogP contribution in [-0.4, -0.2) is 9.97 Å². The van der Waals surface area contributed by atoms with Gasteiger partial charge in [0.25, 0.3) is 5.56 Å². The first-order valence-electron chi connectivity index (χ1n) is 7.39. The lowest BCUT2D eigenvalue weighted by Crippen LogP contribution is -2.16. The Morgan fingerprint density at radius 1 is 1.24 bits per heavy atom. The zero-order valence-corrected chi connectivity index (χ0v) is 14.9. The third kappa shape index (κ3) is 4.15. The molecule has 0 radical (unpaired) electrons. The molecule has 0 saturated heterocycles. The van der Waals surface area contributed by atoms with E-state index in [2.05, 4.69) is 65.5 Å². The molecule has 1 heterocycles. The van der Waals surface area contributed by atoms with Gasteiger partial charge in [0.2, 0.25) is 0 Å². The summed E-state index contributed by atoms with van der Waals surface area (Å²) in [5.41, 5.74) is 3.13. The molecule has 112 valence electrons. The Morgan fingerprint density at radius 2 is 1.90 bits per heavy atom. The minimum absolute atomic E-state index is 0.0460. The molecule has 0 amide bonds. The van der Waals surface area contributed by atoms with Gasteiger partial charge in [0, 0.05) is 5.56 Å². The van der Waals surface area contributed by atoms with Crippen LogP contribution in [-0.2, 0) is 12.8 Å². The van der Waals surface area contributed by atoms with Crippen molar-refractivity contribution in [1.82, 2.24) is 9.97 Å². The lowest BCUT2D eigenvalue weighted by molar-refractivity contribution is 0.647. The summed E-state index contributed by atoms with van der Waals surface area (Å²) in [5.74, 6) is 1.31. The zero-order chi connectivity index (χ0) is 15.4. The molecular weight excluding hydrogens is 375 g/mol. The highest BCUT2D eigenvalue weighted by Crippen LogP contribution is 2.18. The average molecular weight is 396 g/mol. The van der Waals surface area contributed by atoms with Crippen LogP contribution in [0.15, 0.2) is 29.1 Å². The second-order valence-electron chi connectivity index (χ2n) is 5.72. The molecule has 0 fully saturated rings. The number of aromatic nitrogens is 2. The van der Waals surface area contributed by atoms with Crippen molar-refractivity contribution < 1.29 is 0 Å². The SMILES string of the molecule is CCCc1nc(-c2ccc(CC(C)C)cc2)[nH]c(=O)c1I. The van der Waals surface area contributed by atoms with Crippen LogP contribution in [0.25, 0.3) is 11.4 Å². The van der Waals surface area contributed by atoms with Crippen LogP contribution in [0.5, 0.6) is 0 Å². The largest absolute Gasteiger partial charge is 0.306 e. The van der Waals surface area contributed by atoms with Gasteiger partial charge in [0.15, 0.2) is 0 Å². The van der Waals surface area contributed by atoms with E-state index in [1.54, 1.807) is 0 Å². The van der Waals surface area contributed by atoms with Crippen molar-refractivity contribution in [2.24, 2.45) is 5.92 Å². The summed E-state index contributed by atoms with van der Waals surface area (Å²) in [5, 5.41) is 0. The third-order valence-corrected chi connectivity index (χ3v) is 4.40. The summed E-state index contributed by atoms with van der Waals surface area (Å²) in [7, 11) is 0. The quantitative estimate of drug-likeness (QED) is 0.771. The van der Waals surface area contributed by atoms with Crippen molar-refractivity contribution in [3.63, 3.8) is 0 Å². The Kier molecular flexibility index (Phi) is 5.56. The molecule has 2 aromatic rings. The fourth-order valence-corrected chi connectivity index (χ4v) is 2.84. The van der Waals surface area contributed by atoms with Crippen molar-refractivity contribution in [3.05, 3.63) is 49.4 Å². The molecule has 2 rings (SSSR count). The molecule has 0 aliphatic heterocycles. The van der Waals surface area contributed by atoms with Crippen molar-refractivity contribution in [2.75, 3.05) is 0 Å². The van der Waals surface area contributed by atoms with E-state index in [1.165, 1.54) is 5.56 Å². The Labute approximate surface area is 139 Å². The lowest BCUT2D eigenvalue weighted by atomic mass is 10.0. The van der Waals surface area contributed by atoms with Crippen LogP contribution >= 0.6 is 22.6 Å². The molecule has 0 aliphatic rings. The molecule has 0 spiro atoms. The molecule has 1 aromatic heterocycles. The Hall–Kier alpha value is -1.17. The molecule has 0 saturated carbocycles. The zero-order valence-electron chi connectivity index (χ0n) is 12.7. The number of benzene rings is 1. The first kappa shape index (κ1) is 16.2. The van der Waals surface area contributed by atoms with E-state index in [-0.39, 0.29) is 5.56 Å². The van der Waals surface area contributed by atoms with Gasteiger partial charge in [-0.2, -0.15) is 0 Å². The highest BCUT2D eigenvalue weighted by molar-refractivity contribution is 14.1. The second-order valence-corrected chi connectivity index (χ2v) is 6.80. The molecule has 21 heavy (non-hydrogen) atoms. The van der Waals surface area contributed by atoms with Gasteiger partial charge in [-0.3, -0.25) is 4.79 Å². The fraction of sp³-hybridized carbons (Fsp3) is 0.412. The Morgan fingerprint density at radius 3 is 2.48 bits per heavy atom. The standard InChI is InChI=1S/C17H21IN2O/c1-4-5-14-15(18)17(21)20-16(19-14)13-8-6-12(7-9-13)10-11(2)3/h6-9,11H,4-5,10H2,1-3H3,(H,19,20,21). The molecular formula is C17H21IN2O. The lowest BCUT2D eigenvalue weighted by Gasteiger charge is -2.08. The number of nitrogens with zero attached hydrogens (tertiary/aromatic N) is 1. The molecule has 4 heteroatoms. The maximum atomic E-state index is 12.0. The van der Waals surface area contributed by atoms with Crippen LogP contribution in [0.2, 0.25) is 0 Å². The van der Waals surface area contributed by atoms with Crippen LogP contribution in [0, 0.1) is 9.49 Å². The Bertz CT molecular complexity index is 659. The monoisotopic (exact) mass is 396 g/mol. The minimum Gasteiger partial charge on any atom is -0.306 e. The summed E-state index contributed by atoms with van der Waals surface area (Å²) in [6, 6.07) is 8.32. The van der Waals surface area contributed by atoms with Gasteiger partial charge in [0.1, 0.15) is 5.82 Å². The molecule has 3 nitrogen and oxygen atoms in total. The van der Waals surface area contributed by atoms with Crippen LogP contribution in [0.4, 0.5) is 0 Å². The van der Waals surface area contributed by atoms with Gasteiger partial charge < -0.3 is 4.98 Å². The summed E-state index contributed by atoms with van der Waals surface area (Å²) in [6.07, 6.45) is 2.89. The van der Waals surface area contributed by atoms with Gasteiger partial charge in [-0.15, -0.1) is 0 Å². The summed E-state index contributed by atoms with van der Waals surface area (Å²) in [6.45, 7) is 6.52. The molecule has 0 bridgehead atoms. The van der Waals surface area contributed by atoms with Gasteiger partial charge in [-0.05, 0) is 46.9 Å². The van der Waals surface area contributed by atoms with E-state index < -0.39 is 0 Å². The predicted molar refractivity (Wildman–Crippen MR) is 95.5 cm³/mol. The average Bonchev–Trinajstić information content (AvgIpc) is 2.44. The molecule has 1 aromatic carbocycles. The smallest absolute Gasteiger partial charge is 0.264 e. The summed E-state index contributed by atoms with van der Waals surface area (Å²) < 4.78 is 0.703. The molecule has 1 N–H and O–H groups in total. The highest BCUT2D eigenvalue weighted by atomic mass is 127. The number of nitrogens with one attached hydrogen (secondary N) is 1. The highest BCUT2D eigenvalue weighted by Gasteiger charge is 2.09. The van der Waals surface area contributed by atoms with Crippen LogP contribution in [0.1, 0.15) is 38.4 Å². The van der Waals surface area contributed by atoms with E-state index in [0.717, 1.165) is 30.5 Å². The number of hydrogen-bond donors (Lipinski definition) is 1. The van der Waals surface area contributed by atoms with Crippen LogP contribution < -0.4 is 5.56 Å².